The summed E-state index contributed by atoms with van der Waals surface area (Å²) in [5.41, 5.74) is 2.41. The number of aryl methyl sites for hydroxylation is 1. The maximum atomic E-state index is 8.81. The lowest BCUT2D eigenvalue weighted by Crippen LogP contribution is -1.87. The van der Waals surface area contributed by atoms with Crippen LogP contribution in [0.5, 0.6) is 0 Å². The van der Waals surface area contributed by atoms with E-state index in [4.69, 9.17) is 4.79 Å². The lowest BCUT2D eigenvalue weighted by Gasteiger charge is -2.01. The first kappa shape index (κ1) is 12.2. The van der Waals surface area contributed by atoms with Gasteiger partial charge in [-0.15, -0.1) is 0 Å². The summed E-state index contributed by atoms with van der Waals surface area (Å²) in [6, 6.07) is 6.18. The number of carbonyl (C=O) groups excluding carboxylic acids is 1. The van der Waals surface area contributed by atoms with Crippen LogP contribution < -0.4 is 5.32 Å². The van der Waals surface area contributed by atoms with Crippen molar-refractivity contribution in [1.29, 1.82) is 0 Å². The first-order chi connectivity index (χ1) is 6.15. The smallest absolute Gasteiger partial charge is 0.116 e. The molecule has 13 heavy (non-hydrogen) atoms. The molecule has 0 unspecified atom stereocenters. The molecule has 0 aromatic heterocycles. The summed E-state index contributed by atoms with van der Waals surface area (Å²) in [4.78, 5) is 8.81. The minimum atomic E-state index is 0.750. The minimum absolute atomic E-state index is 0.750. The van der Waals surface area contributed by atoms with Crippen LogP contribution in [0.25, 0.3) is 0 Å². The predicted octanol–water partition coefficient (Wildman–Crippen LogP) is 3.00. The van der Waals surface area contributed by atoms with Crippen molar-refractivity contribution < 1.29 is 4.79 Å². The van der Waals surface area contributed by atoms with E-state index in [1.807, 2.05) is 19.2 Å². The van der Waals surface area contributed by atoms with Crippen molar-refractivity contribution in [2.75, 3.05) is 12.4 Å². The van der Waals surface area contributed by atoms with Crippen molar-refractivity contribution in [3.63, 3.8) is 0 Å². The third kappa shape index (κ3) is 4.68. The Bertz CT molecular complexity index is 274. The Morgan fingerprint density at radius 2 is 2.00 bits per heavy atom. The Balaban J connectivity index is 0.000000424. The predicted molar refractivity (Wildman–Crippen MR) is 60.2 cm³/mol. The summed E-state index contributed by atoms with van der Waals surface area (Å²) in [5, 5.41) is 3.07. The van der Waals surface area contributed by atoms with Crippen molar-refractivity contribution in [3.05, 3.63) is 28.2 Å². The molecule has 3 heteroatoms. The Morgan fingerprint density at radius 3 is 2.38 bits per heavy atom. The number of halogens is 1. The number of hydrogen-bond acceptors (Lipinski definition) is 2. The van der Waals surface area contributed by atoms with Crippen molar-refractivity contribution in [3.8, 4) is 0 Å². The fourth-order valence-corrected chi connectivity index (χ4v) is 1.05. The van der Waals surface area contributed by atoms with Crippen molar-refractivity contribution >= 4 is 27.9 Å². The molecule has 0 saturated carbocycles. The molecule has 0 aliphatic rings. The molecule has 0 heterocycles. The van der Waals surface area contributed by atoms with Gasteiger partial charge in [-0.05, 0) is 37.6 Å². The minimum Gasteiger partial charge on any atom is -0.388 e. The maximum absolute atomic E-state index is 8.81. The third-order valence-electron chi connectivity index (χ3n) is 1.45. The van der Waals surface area contributed by atoms with Crippen molar-refractivity contribution in [1.82, 2.24) is 0 Å². The van der Waals surface area contributed by atoms with Gasteiger partial charge in [-0.1, -0.05) is 15.9 Å². The largest absolute Gasteiger partial charge is 0.388 e. The van der Waals surface area contributed by atoms with Gasteiger partial charge >= 0.3 is 0 Å². The molecular weight excluding hydrogens is 230 g/mol. The zero-order valence-electron chi connectivity index (χ0n) is 8.10. The Morgan fingerprint density at radius 1 is 1.46 bits per heavy atom. The summed E-state index contributed by atoms with van der Waals surface area (Å²) < 4.78 is 1.16. The topological polar surface area (TPSA) is 29.1 Å². The number of nitrogens with one attached hydrogen (secondary N) is 1. The number of aldehydes is 1. The molecular formula is C10H14BrNO. The van der Waals surface area contributed by atoms with E-state index in [1.165, 1.54) is 12.5 Å². The van der Waals surface area contributed by atoms with Crippen LogP contribution in [-0.4, -0.2) is 13.3 Å². The number of benzene rings is 1. The van der Waals surface area contributed by atoms with E-state index in [0.717, 1.165) is 16.4 Å². The van der Waals surface area contributed by atoms with Crippen LogP contribution in [0.3, 0.4) is 0 Å². The third-order valence-corrected chi connectivity index (χ3v) is 2.34. The van der Waals surface area contributed by atoms with Crippen LogP contribution in [0.15, 0.2) is 22.7 Å². The van der Waals surface area contributed by atoms with Gasteiger partial charge in [0.25, 0.3) is 0 Å². The molecule has 1 rings (SSSR count). The molecule has 0 saturated heterocycles. The zero-order valence-corrected chi connectivity index (χ0v) is 9.68. The van der Waals surface area contributed by atoms with Gasteiger partial charge in [0.2, 0.25) is 0 Å². The second kappa shape index (κ2) is 6.66. The monoisotopic (exact) mass is 243 g/mol. The van der Waals surface area contributed by atoms with E-state index >= 15 is 0 Å². The van der Waals surface area contributed by atoms with Crippen molar-refractivity contribution in [2.24, 2.45) is 0 Å². The molecule has 1 aromatic rings. The van der Waals surface area contributed by atoms with Gasteiger partial charge in [0.15, 0.2) is 0 Å². The molecule has 0 amide bonds. The van der Waals surface area contributed by atoms with Gasteiger partial charge in [-0.3, -0.25) is 0 Å². The molecule has 0 radical (unpaired) electrons. The highest BCUT2D eigenvalue weighted by molar-refractivity contribution is 9.10. The molecule has 1 N–H and O–H groups in total. The van der Waals surface area contributed by atoms with Crippen LogP contribution in [0, 0.1) is 6.92 Å². The van der Waals surface area contributed by atoms with Crippen molar-refractivity contribution in [2.45, 2.75) is 13.8 Å². The molecule has 0 bridgehead atoms. The average Bonchev–Trinajstić information content (AvgIpc) is 2.11. The van der Waals surface area contributed by atoms with E-state index in [2.05, 4.69) is 34.2 Å². The summed E-state index contributed by atoms with van der Waals surface area (Å²) >= 11 is 3.43. The highest BCUT2D eigenvalue weighted by atomic mass is 79.9. The molecule has 0 aliphatic carbocycles. The van der Waals surface area contributed by atoms with E-state index in [1.54, 1.807) is 0 Å². The van der Waals surface area contributed by atoms with E-state index in [0.29, 0.717) is 0 Å². The van der Waals surface area contributed by atoms with Gasteiger partial charge in [0.1, 0.15) is 6.29 Å². The van der Waals surface area contributed by atoms with Gasteiger partial charge in [-0.25, -0.2) is 0 Å². The van der Waals surface area contributed by atoms with Crippen LogP contribution in [0.2, 0.25) is 0 Å². The molecule has 0 aliphatic heterocycles. The van der Waals surface area contributed by atoms with Gasteiger partial charge in [0, 0.05) is 17.2 Å². The number of rotatable bonds is 1. The first-order valence-electron chi connectivity index (χ1n) is 3.99. The second-order valence-electron chi connectivity index (χ2n) is 2.45. The quantitative estimate of drug-likeness (QED) is 0.769. The molecule has 0 spiro atoms. The van der Waals surface area contributed by atoms with E-state index in [-0.39, 0.29) is 0 Å². The second-order valence-corrected chi connectivity index (χ2v) is 3.30. The highest BCUT2D eigenvalue weighted by Gasteiger charge is 1.93. The SMILES string of the molecule is CC=O.CNc1ccc(Br)c(C)c1. The number of carbonyl (C=O) groups is 1. The molecule has 2 nitrogen and oxygen atoms in total. The molecule has 0 atom stereocenters. The fourth-order valence-electron chi connectivity index (χ4n) is 0.800. The van der Waals surface area contributed by atoms with E-state index < -0.39 is 0 Å². The van der Waals surface area contributed by atoms with Crippen LogP contribution in [-0.2, 0) is 4.79 Å². The Labute approximate surface area is 87.5 Å². The summed E-state index contributed by atoms with van der Waals surface area (Å²) in [6.45, 7) is 3.52. The first-order valence-corrected chi connectivity index (χ1v) is 4.78. The maximum Gasteiger partial charge on any atom is 0.116 e. The molecule has 1 aromatic carbocycles. The fraction of sp³-hybridized carbons (Fsp3) is 0.300. The van der Waals surface area contributed by atoms with Gasteiger partial charge < -0.3 is 10.1 Å². The normalized spacial score (nSPS) is 8.31. The Kier molecular flexibility index (Phi) is 6.24. The summed E-state index contributed by atoms with van der Waals surface area (Å²) in [6.07, 6.45) is 0.750. The highest BCUT2D eigenvalue weighted by Crippen LogP contribution is 2.19. The van der Waals surface area contributed by atoms with Crippen LogP contribution >= 0.6 is 15.9 Å². The standard InChI is InChI=1S/C8H10BrN.C2H4O/c1-6-5-7(10-2)3-4-8(6)9;1-2-3/h3-5,10H,1-2H3;2H,1H3. The van der Waals surface area contributed by atoms with Gasteiger partial charge in [0.05, 0.1) is 0 Å². The summed E-state index contributed by atoms with van der Waals surface area (Å²) in [5.74, 6) is 0. The van der Waals surface area contributed by atoms with E-state index in [9.17, 15) is 0 Å². The number of anilines is 1. The molecule has 0 fully saturated rings. The van der Waals surface area contributed by atoms with Gasteiger partial charge in [-0.2, -0.15) is 0 Å². The summed E-state index contributed by atoms with van der Waals surface area (Å²) in [7, 11) is 1.92. The lowest BCUT2D eigenvalue weighted by molar-refractivity contribution is -0.106. The van der Waals surface area contributed by atoms with Crippen LogP contribution in [0.4, 0.5) is 5.69 Å². The number of hydrogen-bond donors (Lipinski definition) is 1. The molecule has 72 valence electrons. The van der Waals surface area contributed by atoms with Crippen LogP contribution in [0.1, 0.15) is 12.5 Å². The zero-order chi connectivity index (χ0) is 10.3. The Hall–Kier alpha value is -0.830. The average molecular weight is 244 g/mol. The lowest BCUT2D eigenvalue weighted by atomic mass is 10.2.